The number of sulfone groups is 1. The van der Waals surface area contributed by atoms with Crippen molar-refractivity contribution in [3.05, 3.63) is 36.0 Å². The first-order valence-corrected chi connectivity index (χ1v) is 11.5. The molecule has 1 saturated heterocycles. The van der Waals surface area contributed by atoms with E-state index in [4.69, 9.17) is 5.11 Å². The number of hydrogen-bond acceptors (Lipinski definition) is 7. The maximum absolute atomic E-state index is 12.2. The topological polar surface area (TPSA) is 125 Å². The van der Waals surface area contributed by atoms with Gasteiger partial charge in [0.05, 0.1) is 18.1 Å². The molecule has 10 heteroatoms. The zero-order valence-corrected chi connectivity index (χ0v) is 17.1. The van der Waals surface area contributed by atoms with E-state index < -0.39 is 9.84 Å². The Kier molecular flexibility index (Phi) is 6.65. The fourth-order valence-electron chi connectivity index (χ4n) is 3.07. The molecule has 9 nitrogen and oxygen atoms in total. The van der Waals surface area contributed by atoms with Gasteiger partial charge in [-0.05, 0) is 37.1 Å². The summed E-state index contributed by atoms with van der Waals surface area (Å²) >= 11 is 0. The Hall–Kier alpha value is -2.72. The van der Waals surface area contributed by atoms with Gasteiger partial charge in [-0.1, -0.05) is 0 Å². The molecule has 0 aliphatic carbocycles. The smallest absolute Gasteiger partial charge is 0.321 e. The number of benzene rings is 1. The Balaban J connectivity index is 1.80. The molecule has 0 saturated carbocycles. The molecule has 0 radical (unpaired) electrons. The van der Waals surface area contributed by atoms with Crippen molar-refractivity contribution >= 4 is 27.4 Å². The number of nitrogens with zero attached hydrogens (tertiary/aromatic N) is 3. The predicted octanol–water partition coefficient (Wildman–Crippen LogP) is 1.72. The molecular weight excluding hydrogens is 394 g/mol. The van der Waals surface area contributed by atoms with Crippen molar-refractivity contribution in [3.8, 4) is 11.4 Å². The van der Waals surface area contributed by atoms with Gasteiger partial charge in [0.15, 0.2) is 15.7 Å². The summed E-state index contributed by atoms with van der Waals surface area (Å²) in [4.78, 5) is 22.7. The van der Waals surface area contributed by atoms with E-state index in [1.807, 2.05) is 0 Å². The van der Waals surface area contributed by atoms with Crippen LogP contribution in [0.25, 0.3) is 11.4 Å². The van der Waals surface area contributed by atoms with E-state index in [2.05, 4.69) is 20.6 Å². The number of carbonyl (C=O) groups is 1. The monoisotopic (exact) mass is 419 g/mol. The number of nitrogens with one attached hydrogen (secondary N) is 2. The maximum atomic E-state index is 12.2. The lowest BCUT2D eigenvalue weighted by atomic mass is 10.2. The van der Waals surface area contributed by atoms with E-state index in [1.165, 1.54) is 0 Å². The van der Waals surface area contributed by atoms with Gasteiger partial charge in [0.25, 0.3) is 0 Å². The summed E-state index contributed by atoms with van der Waals surface area (Å²) in [5, 5.41) is 14.8. The number of amides is 2. The molecule has 3 rings (SSSR count). The summed E-state index contributed by atoms with van der Waals surface area (Å²) in [6, 6.07) is 8.51. The van der Waals surface area contributed by atoms with Crippen molar-refractivity contribution in [1.29, 1.82) is 0 Å². The summed E-state index contributed by atoms with van der Waals surface area (Å²) in [5.41, 5.74) is 1.72. The van der Waals surface area contributed by atoms with Gasteiger partial charge in [-0.2, -0.15) is 0 Å². The molecule has 0 bridgehead atoms. The second-order valence-corrected chi connectivity index (χ2v) is 9.13. The average molecular weight is 420 g/mol. The molecule has 156 valence electrons. The van der Waals surface area contributed by atoms with Crippen LogP contribution in [0.15, 0.2) is 30.3 Å². The molecule has 0 atom stereocenters. The first kappa shape index (κ1) is 21.0. The highest BCUT2D eigenvalue weighted by molar-refractivity contribution is 7.89. The minimum atomic E-state index is -3.26. The number of urea groups is 1. The zero-order valence-electron chi connectivity index (χ0n) is 16.3. The van der Waals surface area contributed by atoms with Crippen LogP contribution in [0.2, 0.25) is 0 Å². The molecule has 1 fully saturated rings. The van der Waals surface area contributed by atoms with Gasteiger partial charge >= 0.3 is 6.03 Å². The molecule has 1 aliphatic heterocycles. The number of likely N-dealkylation sites (tertiary alicyclic amines) is 1. The van der Waals surface area contributed by atoms with E-state index in [1.54, 1.807) is 35.2 Å². The maximum Gasteiger partial charge on any atom is 0.321 e. The largest absolute Gasteiger partial charge is 0.395 e. The van der Waals surface area contributed by atoms with Gasteiger partial charge in [0, 0.05) is 43.2 Å². The molecule has 1 aliphatic rings. The highest BCUT2D eigenvalue weighted by atomic mass is 32.2. The normalized spacial score (nSPS) is 14.1. The van der Waals surface area contributed by atoms with E-state index in [0.717, 1.165) is 32.2 Å². The third-order valence-electron chi connectivity index (χ3n) is 4.39. The predicted molar refractivity (Wildman–Crippen MR) is 111 cm³/mol. The number of aromatic nitrogens is 2. The van der Waals surface area contributed by atoms with Crippen LogP contribution >= 0.6 is 0 Å². The molecule has 2 amide bonds. The van der Waals surface area contributed by atoms with Crippen LogP contribution in [0.3, 0.4) is 0 Å². The van der Waals surface area contributed by atoms with E-state index in [-0.39, 0.29) is 24.9 Å². The van der Waals surface area contributed by atoms with E-state index >= 15 is 0 Å². The summed E-state index contributed by atoms with van der Waals surface area (Å²) in [6.07, 6.45) is 3.20. The minimum absolute atomic E-state index is 0.0772. The number of carbonyl (C=O) groups excluding carboxylic acids is 1. The van der Waals surface area contributed by atoms with Gasteiger partial charge in [0.2, 0.25) is 0 Å². The number of anilines is 2. The van der Waals surface area contributed by atoms with Crippen molar-refractivity contribution in [2.75, 3.05) is 43.1 Å². The fraction of sp³-hybridized carbons (Fsp3) is 0.421. The summed E-state index contributed by atoms with van der Waals surface area (Å²) in [5.74, 6) is 0.596. The second kappa shape index (κ2) is 9.19. The van der Waals surface area contributed by atoms with Gasteiger partial charge in [0.1, 0.15) is 5.82 Å². The Morgan fingerprint density at radius 3 is 2.48 bits per heavy atom. The lowest BCUT2D eigenvalue weighted by molar-refractivity contribution is 0.222. The Labute approximate surface area is 170 Å². The van der Waals surface area contributed by atoms with Crippen LogP contribution in [0, 0.1) is 0 Å². The summed E-state index contributed by atoms with van der Waals surface area (Å²) < 4.78 is 23.3. The first-order valence-electron chi connectivity index (χ1n) is 9.41. The van der Waals surface area contributed by atoms with Crippen LogP contribution in [0.5, 0.6) is 0 Å². The number of rotatable bonds is 7. The molecular formula is C19H25N5O4S. The molecule has 0 unspecified atom stereocenters. The zero-order chi connectivity index (χ0) is 20.9. The molecule has 0 spiro atoms. The Bertz CT molecular complexity index is 957. The summed E-state index contributed by atoms with van der Waals surface area (Å²) in [7, 11) is -3.26. The lowest BCUT2D eigenvalue weighted by Crippen LogP contribution is -2.32. The van der Waals surface area contributed by atoms with Crippen LogP contribution in [-0.2, 0) is 15.6 Å². The van der Waals surface area contributed by atoms with Gasteiger partial charge in [-0.15, -0.1) is 0 Å². The first-order chi connectivity index (χ1) is 13.8. The van der Waals surface area contributed by atoms with E-state index in [0.29, 0.717) is 28.6 Å². The highest BCUT2D eigenvalue weighted by Crippen LogP contribution is 2.22. The summed E-state index contributed by atoms with van der Waals surface area (Å²) in [6.45, 7) is 1.76. The average Bonchev–Trinajstić information content (AvgIpc) is 3.20. The van der Waals surface area contributed by atoms with Crippen LogP contribution in [0.4, 0.5) is 16.3 Å². The van der Waals surface area contributed by atoms with Crippen molar-refractivity contribution in [2.45, 2.75) is 18.6 Å². The standard InChI is InChI=1S/C19H25N5O4S/c1-29(27,28)13-16-12-17(20-8-11-25)23-18(21-16)14-4-6-15(7-5-14)22-19(26)24-9-2-3-10-24/h4-7,12,25H,2-3,8-11,13H2,1H3,(H,22,26)(H,20,21,23). The number of hydrogen-bond donors (Lipinski definition) is 3. The number of aliphatic hydroxyl groups excluding tert-OH is 1. The van der Waals surface area contributed by atoms with Crippen LogP contribution in [0.1, 0.15) is 18.5 Å². The van der Waals surface area contributed by atoms with Crippen molar-refractivity contribution in [3.63, 3.8) is 0 Å². The Morgan fingerprint density at radius 1 is 1.17 bits per heavy atom. The van der Waals surface area contributed by atoms with Crippen molar-refractivity contribution < 1.29 is 18.3 Å². The molecule has 1 aromatic carbocycles. The fourth-order valence-corrected chi connectivity index (χ4v) is 3.75. The van der Waals surface area contributed by atoms with Gasteiger partial charge in [-0.25, -0.2) is 23.2 Å². The minimum Gasteiger partial charge on any atom is -0.395 e. The lowest BCUT2D eigenvalue weighted by Gasteiger charge is -2.16. The second-order valence-electron chi connectivity index (χ2n) is 6.99. The SMILES string of the molecule is CS(=O)(=O)Cc1cc(NCCO)nc(-c2ccc(NC(=O)N3CCCC3)cc2)n1. The van der Waals surface area contributed by atoms with Crippen molar-refractivity contribution in [2.24, 2.45) is 0 Å². The van der Waals surface area contributed by atoms with Gasteiger partial charge in [-0.3, -0.25) is 0 Å². The van der Waals surface area contributed by atoms with Gasteiger partial charge < -0.3 is 20.6 Å². The molecule has 29 heavy (non-hydrogen) atoms. The molecule has 2 heterocycles. The number of aliphatic hydroxyl groups is 1. The molecule has 1 aromatic heterocycles. The van der Waals surface area contributed by atoms with E-state index in [9.17, 15) is 13.2 Å². The van der Waals surface area contributed by atoms with Crippen LogP contribution in [-0.4, -0.2) is 66.9 Å². The van der Waals surface area contributed by atoms with Crippen molar-refractivity contribution in [1.82, 2.24) is 14.9 Å². The third-order valence-corrected chi connectivity index (χ3v) is 5.21. The highest BCUT2D eigenvalue weighted by Gasteiger charge is 2.18. The molecule has 2 aromatic rings. The quantitative estimate of drug-likeness (QED) is 0.624. The molecule has 3 N–H and O–H groups in total. The Morgan fingerprint density at radius 2 is 1.86 bits per heavy atom. The van der Waals surface area contributed by atoms with Crippen LogP contribution < -0.4 is 10.6 Å². The third kappa shape index (κ3) is 6.13.